The van der Waals surface area contributed by atoms with E-state index >= 15 is 0 Å². The fraction of sp³-hybridized carbons (Fsp3) is 0.200. The van der Waals surface area contributed by atoms with E-state index in [0.717, 1.165) is 12.0 Å². The van der Waals surface area contributed by atoms with Crippen LogP contribution in [0, 0.1) is 17.9 Å². The molecular formula is C5H6ILiY-2. The van der Waals surface area contributed by atoms with Gasteiger partial charge in [0.15, 0.2) is 0 Å². The zero-order valence-electron chi connectivity index (χ0n) is 5.08. The average Bonchev–Trinajstić information content (AvgIpc) is 1.65. The number of hydrogen-bond donors (Lipinski definition) is 0. The first-order valence-electron chi connectivity index (χ1n) is 1.65. The molecule has 0 aliphatic heterocycles. The molecule has 0 rings (SSSR count). The summed E-state index contributed by atoms with van der Waals surface area (Å²) in [5.74, 6) is 0. The summed E-state index contributed by atoms with van der Waals surface area (Å²) in [7, 11) is 0. The van der Waals surface area contributed by atoms with E-state index in [2.05, 4.69) is 17.9 Å². The van der Waals surface area contributed by atoms with Crippen LogP contribution in [-0.2, 0) is 32.7 Å². The van der Waals surface area contributed by atoms with Crippen LogP contribution in [-0.4, -0.2) is 0 Å². The van der Waals surface area contributed by atoms with Crippen molar-refractivity contribution < 1.29 is 51.6 Å². The Morgan fingerprint density at radius 3 is 2.00 bits per heavy atom. The van der Waals surface area contributed by atoms with E-state index in [0.29, 0.717) is 0 Å². The Morgan fingerprint density at radius 2 is 2.00 bits per heavy atom. The van der Waals surface area contributed by atoms with Gasteiger partial charge in [-0.1, -0.05) is 0 Å². The predicted molar refractivity (Wildman–Crippen MR) is 36.1 cm³/mol. The van der Waals surface area contributed by atoms with E-state index < -0.39 is 0 Å². The van der Waals surface area contributed by atoms with E-state index in [-0.39, 0.29) is 51.6 Å². The molecule has 0 aliphatic rings. The summed E-state index contributed by atoms with van der Waals surface area (Å²) in [5.41, 5.74) is 0.968. The third kappa shape index (κ3) is 10.9. The second kappa shape index (κ2) is 11.8. The van der Waals surface area contributed by atoms with Crippen molar-refractivity contribution in [3.8, 4) is 0 Å². The van der Waals surface area contributed by atoms with Gasteiger partial charge in [0.05, 0.1) is 0 Å². The molecule has 0 aliphatic carbocycles. The van der Waals surface area contributed by atoms with Crippen LogP contribution in [0.3, 0.4) is 0 Å². The molecule has 0 aromatic rings. The first kappa shape index (κ1) is 16.6. The van der Waals surface area contributed by atoms with Crippen LogP contribution in [0.1, 0.15) is 6.42 Å². The molecule has 0 aromatic heterocycles. The molecule has 39 valence electrons. The van der Waals surface area contributed by atoms with Crippen LogP contribution >= 0.6 is 22.6 Å². The van der Waals surface area contributed by atoms with E-state index in [1.54, 1.807) is 0 Å². The van der Waals surface area contributed by atoms with Crippen LogP contribution in [0.15, 0.2) is 5.57 Å². The molecule has 0 nitrogen and oxygen atoms in total. The van der Waals surface area contributed by atoms with Gasteiger partial charge in [-0.3, -0.25) is 0 Å². The third-order valence-corrected chi connectivity index (χ3v) is 1.20. The zero-order chi connectivity index (χ0) is 4.99. The van der Waals surface area contributed by atoms with Crippen LogP contribution in [0.2, 0.25) is 0 Å². The van der Waals surface area contributed by atoms with Gasteiger partial charge in [0.2, 0.25) is 0 Å². The summed E-state index contributed by atoms with van der Waals surface area (Å²) in [4.78, 5) is 0. The minimum atomic E-state index is 0. The molecule has 8 heavy (non-hydrogen) atoms. The summed E-state index contributed by atoms with van der Waals surface area (Å²) in [5, 5.41) is 0. The van der Waals surface area contributed by atoms with Gasteiger partial charge in [0.1, 0.15) is 0 Å². The Bertz CT molecular complexity index is 63.4. The maximum absolute atomic E-state index is 3.61. The Morgan fingerprint density at radius 1 is 1.62 bits per heavy atom. The van der Waals surface area contributed by atoms with Gasteiger partial charge in [-0.05, 0) is 0 Å². The molecule has 0 unspecified atom stereocenters. The minimum absolute atomic E-state index is 0. The van der Waals surface area contributed by atoms with Gasteiger partial charge in [-0.25, -0.2) is 6.42 Å². The molecule has 0 spiro atoms. The van der Waals surface area contributed by atoms with Crippen LogP contribution in [0.25, 0.3) is 0 Å². The topological polar surface area (TPSA) is 0 Å². The van der Waals surface area contributed by atoms with Crippen LogP contribution in [0.4, 0.5) is 0 Å². The predicted octanol–water partition coefficient (Wildman–Crippen LogP) is -0.832. The Hall–Kier alpha value is 2.04. The first-order valence-corrected chi connectivity index (χ1v) is 2.72. The van der Waals surface area contributed by atoms with Crippen molar-refractivity contribution in [2.75, 3.05) is 0 Å². The fourth-order valence-corrected chi connectivity index (χ4v) is 0.317. The molecular weight excluding hydrogens is 283 g/mol. The van der Waals surface area contributed by atoms with E-state index in [9.17, 15) is 0 Å². The van der Waals surface area contributed by atoms with E-state index in [4.69, 9.17) is 0 Å². The maximum Gasteiger partial charge on any atom is 1.00 e. The van der Waals surface area contributed by atoms with E-state index in [1.807, 2.05) is 22.6 Å². The minimum Gasteiger partial charge on any atom is -0.460 e. The van der Waals surface area contributed by atoms with Gasteiger partial charge in [0.25, 0.3) is 0 Å². The molecule has 1 radical (unpaired) electrons. The standard InChI is InChI=1S/C5H6I.Li.Y/c1-3-5(2)4-6;;/h1-3H2;;/q-3;+1;. The van der Waals surface area contributed by atoms with Crippen molar-refractivity contribution >= 4 is 22.6 Å². The van der Waals surface area contributed by atoms with Crippen molar-refractivity contribution in [3.63, 3.8) is 0 Å². The average molecular weight is 289 g/mol. The molecule has 0 amide bonds. The van der Waals surface area contributed by atoms with Crippen molar-refractivity contribution in [1.29, 1.82) is 0 Å². The SMILES string of the molecule is [CH2-]CC([CH2-])=[C-]I.[Li+].[Y]. The van der Waals surface area contributed by atoms with Crippen LogP contribution in [0.5, 0.6) is 0 Å². The maximum atomic E-state index is 3.61. The Kier molecular flexibility index (Phi) is 24.4. The second-order valence-corrected chi connectivity index (χ2v) is 1.49. The number of halogens is 1. The fourth-order valence-electron chi connectivity index (χ4n) is 0.0472. The van der Waals surface area contributed by atoms with Crippen molar-refractivity contribution in [3.05, 3.63) is 23.5 Å². The number of rotatable bonds is 1. The quantitative estimate of drug-likeness (QED) is 0.336. The van der Waals surface area contributed by atoms with Gasteiger partial charge in [-0.15, -0.1) is 0 Å². The molecule has 0 atom stereocenters. The summed E-state index contributed by atoms with van der Waals surface area (Å²) in [6.07, 6.45) is 0.767. The second-order valence-electron chi connectivity index (χ2n) is 0.948. The normalized spacial score (nSPS) is 9.00. The Balaban J connectivity index is -0.000000125. The van der Waals surface area contributed by atoms with Crippen molar-refractivity contribution in [1.82, 2.24) is 0 Å². The van der Waals surface area contributed by atoms with Crippen molar-refractivity contribution in [2.45, 2.75) is 6.42 Å². The third-order valence-electron chi connectivity index (χ3n) is 0.435. The van der Waals surface area contributed by atoms with Gasteiger partial charge < -0.3 is 46.1 Å². The summed E-state index contributed by atoms with van der Waals surface area (Å²) in [6.45, 7) is 7.20. The van der Waals surface area contributed by atoms with Crippen molar-refractivity contribution in [2.24, 2.45) is 0 Å². The summed E-state index contributed by atoms with van der Waals surface area (Å²) >= 11 is 2.02. The monoisotopic (exact) mass is 289 g/mol. The number of hydrogen-bond acceptors (Lipinski definition) is 0. The van der Waals surface area contributed by atoms with Gasteiger partial charge >= 0.3 is 18.9 Å². The van der Waals surface area contributed by atoms with Crippen LogP contribution < -0.4 is 18.9 Å². The molecule has 0 bridgehead atoms. The largest absolute Gasteiger partial charge is 1.00 e. The first-order chi connectivity index (χ1) is 2.81. The molecule has 3 heteroatoms. The molecule has 0 saturated carbocycles. The smallest absolute Gasteiger partial charge is 0.460 e. The molecule has 0 heterocycles. The van der Waals surface area contributed by atoms with E-state index in [1.165, 1.54) is 0 Å². The summed E-state index contributed by atoms with van der Waals surface area (Å²) in [6, 6.07) is 0. The summed E-state index contributed by atoms with van der Waals surface area (Å²) < 4.78 is 2.83. The molecule has 0 N–H and O–H groups in total. The van der Waals surface area contributed by atoms with Gasteiger partial charge in [0, 0.05) is 32.7 Å². The molecule has 0 aromatic carbocycles. The molecule has 0 saturated heterocycles. The molecule has 0 fully saturated rings. The van der Waals surface area contributed by atoms with Gasteiger partial charge in [-0.2, -0.15) is 0 Å². The Labute approximate surface area is 102 Å². The number of allylic oxidation sites excluding steroid dienone is 1. The zero-order valence-corrected chi connectivity index (χ0v) is 10.1.